The second-order valence-corrected chi connectivity index (χ2v) is 7.53. The van der Waals surface area contributed by atoms with Crippen molar-refractivity contribution in [3.63, 3.8) is 0 Å². The van der Waals surface area contributed by atoms with Gasteiger partial charge in [0.2, 0.25) is 11.9 Å². The standard InChI is InChI=1S/C19H19F3N6O2S/c1-11(30)25-13-7-12(15-10-24-18(31-15)28(2)5-6-29)8-14(9-13)26-17-23-4-3-16(27-17)19(20,21)22/h3-4,7-10,29H,5-6H2,1-2H3,(H,25,30)(H,23,26,27). The van der Waals surface area contributed by atoms with Crippen LogP contribution in [0, 0.1) is 0 Å². The summed E-state index contributed by atoms with van der Waals surface area (Å²) in [7, 11) is 1.80. The Morgan fingerprint density at radius 2 is 1.97 bits per heavy atom. The van der Waals surface area contributed by atoms with Gasteiger partial charge in [0.05, 0.1) is 11.5 Å². The second kappa shape index (κ2) is 9.27. The molecule has 164 valence electrons. The molecule has 12 heteroatoms. The topological polar surface area (TPSA) is 103 Å². The quantitative estimate of drug-likeness (QED) is 0.502. The molecular weight excluding hydrogens is 433 g/mol. The number of alkyl halides is 3. The maximum atomic E-state index is 12.9. The van der Waals surface area contributed by atoms with E-state index >= 15 is 0 Å². The van der Waals surface area contributed by atoms with Crippen molar-refractivity contribution < 1.29 is 23.1 Å². The van der Waals surface area contributed by atoms with E-state index in [1.807, 2.05) is 0 Å². The molecule has 0 aliphatic heterocycles. The number of aromatic nitrogens is 3. The van der Waals surface area contributed by atoms with Crippen LogP contribution < -0.4 is 15.5 Å². The number of nitrogens with one attached hydrogen (secondary N) is 2. The molecule has 2 aromatic heterocycles. The number of benzene rings is 1. The van der Waals surface area contributed by atoms with Crippen LogP contribution in [0.5, 0.6) is 0 Å². The molecule has 2 heterocycles. The highest BCUT2D eigenvalue weighted by molar-refractivity contribution is 7.18. The van der Waals surface area contributed by atoms with Crippen molar-refractivity contribution >= 4 is 39.7 Å². The molecule has 3 rings (SSSR count). The zero-order chi connectivity index (χ0) is 22.6. The van der Waals surface area contributed by atoms with Crippen molar-refractivity contribution in [3.8, 4) is 10.4 Å². The maximum absolute atomic E-state index is 12.9. The number of aliphatic hydroxyl groups excluding tert-OH is 1. The number of aliphatic hydroxyl groups is 1. The number of rotatable bonds is 7. The van der Waals surface area contributed by atoms with Gasteiger partial charge in [-0.15, -0.1) is 0 Å². The molecular formula is C19H19F3N6O2S. The van der Waals surface area contributed by atoms with E-state index in [-0.39, 0.29) is 18.5 Å². The zero-order valence-corrected chi connectivity index (χ0v) is 17.4. The maximum Gasteiger partial charge on any atom is 0.433 e. The van der Waals surface area contributed by atoms with E-state index in [1.165, 1.54) is 18.3 Å². The van der Waals surface area contributed by atoms with Gasteiger partial charge in [-0.05, 0) is 29.8 Å². The smallest absolute Gasteiger partial charge is 0.395 e. The predicted octanol–water partition coefficient (Wildman–Crippen LogP) is 3.75. The van der Waals surface area contributed by atoms with Gasteiger partial charge in [0.25, 0.3) is 0 Å². The summed E-state index contributed by atoms with van der Waals surface area (Å²) in [6.07, 6.45) is -1.93. The van der Waals surface area contributed by atoms with Crippen LogP contribution in [0.25, 0.3) is 10.4 Å². The van der Waals surface area contributed by atoms with E-state index in [0.717, 1.165) is 17.1 Å². The lowest BCUT2D eigenvalue weighted by atomic mass is 10.1. The fraction of sp³-hybridized carbons (Fsp3) is 0.263. The molecule has 0 aliphatic carbocycles. The van der Waals surface area contributed by atoms with Crippen LogP contribution in [0.2, 0.25) is 0 Å². The highest BCUT2D eigenvalue weighted by atomic mass is 32.1. The normalized spacial score (nSPS) is 11.3. The fourth-order valence-corrected chi connectivity index (χ4v) is 3.53. The summed E-state index contributed by atoms with van der Waals surface area (Å²) in [6.45, 7) is 1.75. The summed E-state index contributed by atoms with van der Waals surface area (Å²) in [6, 6.07) is 5.77. The Morgan fingerprint density at radius 1 is 1.23 bits per heavy atom. The molecule has 31 heavy (non-hydrogen) atoms. The van der Waals surface area contributed by atoms with Gasteiger partial charge in [0.1, 0.15) is 5.69 Å². The molecule has 0 atom stereocenters. The van der Waals surface area contributed by atoms with Gasteiger partial charge in [-0.1, -0.05) is 11.3 Å². The number of carbonyl (C=O) groups excluding carboxylic acids is 1. The van der Waals surface area contributed by atoms with Crippen LogP contribution in [-0.2, 0) is 11.0 Å². The van der Waals surface area contributed by atoms with Crippen LogP contribution in [0.3, 0.4) is 0 Å². The number of nitrogens with zero attached hydrogens (tertiary/aromatic N) is 4. The molecule has 0 bridgehead atoms. The van der Waals surface area contributed by atoms with Crippen LogP contribution in [0.1, 0.15) is 12.6 Å². The van der Waals surface area contributed by atoms with Crippen LogP contribution in [0.4, 0.5) is 35.6 Å². The van der Waals surface area contributed by atoms with E-state index in [1.54, 1.807) is 36.3 Å². The molecule has 3 aromatic rings. The van der Waals surface area contributed by atoms with Gasteiger partial charge < -0.3 is 20.6 Å². The summed E-state index contributed by atoms with van der Waals surface area (Å²) in [5.41, 5.74) is 0.446. The number of likely N-dealkylation sites (N-methyl/N-ethyl adjacent to an activating group) is 1. The minimum atomic E-state index is -4.60. The summed E-state index contributed by atoms with van der Waals surface area (Å²) in [4.78, 5) is 25.8. The minimum absolute atomic E-state index is 0.0194. The Morgan fingerprint density at radius 3 is 2.65 bits per heavy atom. The van der Waals surface area contributed by atoms with E-state index in [9.17, 15) is 18.0 Å². The number of halogens is 3. The van der Waals surface area contributed by atoms with Crippen LogP contribution in [-0.4, -0.2) is 46.2 Å². The van der Waals surface area contributed by atoms with Crippen molar-refractivity contribution in [3.05, 3.63) is 42.4 Å². The number of anilines is 4. The SMILES string of the molecule is CC(=O)Nc1cc(Nc2nccc(C(F)(F)F)n2)cc(-c2cnc(N(C)CCO)s2)c1. The zero-order valence-electron chi connectivity index (χ0n) is 16.6. The fourth-order valence-electron chi connectivity index (χ4n) is 2.64. The van der Waals surface area contributed by atoms with Crippen molar-refractivity contribution in [1.82, 2.24) is 15.0 Å². The largest absolute Gasteiger partial charge is 0.433 e. The average molecular weight is 452 g/mol. The second-order valence-electron chi connectivity index (χ2n) is 6.52. The molecule has 1 aromatic carbocycles. The van der Waals surface area contributed by atoms with Gasteiger partial charge in [-0.25, -0.2) is 15.0 Å². The number of carbonyl (C=O) groups is 1. The molecule has 0 fully saturated rings. The molecule has 1 amide bonds. The Balaban J connectivity index is 1.95. The lowest BCUT2D eigenvalue weighted by molar-refractivity contribution is -0.141. The lowest BCUT2D eigenvalue weighted by Crippen LogP contribution is -2.20. The molecule has 8 nitrogen and oxygen atoms in total. The van der Waals surface area contributed by atoms with Gasteiger partial charge in [0, 0.05) is 44.3 Å². The van der Waals surface area contributed by atoms with Crippen molar-refractivity contribution in [2.24, 2.45) is 0 Å². The number of hydrogen-bond donors (Lipinski definition) is 3. The number of amides is 1. The Hall–Kier alpha value is -3.25. The van der Waals surface area contributed by atoms with Gasteiger partial charge in [-0.2, -0.15) is 13.2 Å². The first-order valence-electron chi connectivity index (χ1n) is 9.04. The van der Waals surface area contributed by atoms with E-state index in [2.05, 4.69) is 25.6 Å². The molecule has 0 saturated carbocycles. The first-order valence-corrected chi connectivity index (χ1v) is 9.85. The van der Waals surface area contributed by atoms with Gasteiger partial charge in [0.15, 0.2) is 5.13 Å². The number of hydrogen-bond acceptors (Lipinski definition) is 8. The van der Waals surface area contributed by atoms with Crippen molar-refractivity contribution in [2.45, 2.75) is 13.1 Å². The molecule has 3 N–H and O–H groups in total. The molecule has 0 radical (unpaired) electrons. The summed E-state index contributed by atoms with van der Waals surface area (Å²) >= 11 is 1.37. The Bertz CT molecular complexity index is 1070. The lowest BCUT2D eigenvalue weighted by Gasteiger charge is -2.13. The van der Waals surface area contributed by atoms with Crippen LogP contribution >= 0.6 is 11.3 Å². The predicted molar refractivity (Wildman–Crippen MR) is 113 cm³/mol. The first kappa shape index (κ1) is 22.4. The molecule has 0 spiro atoms. The van der Waals surface area contributed by atoms with E-state index < -0.39 is 11.9 Å². The van der Waals surface area contributed by atoms with Crippen LogP contribution in [0.15, 0.2) is 36.7 Å². The summed E-state index contributed by atoms with van der Waals surface area (Å²) in [5.74, 6) is -0.528. The molecule has 0 aliphatic rings. The minimum Gasteiger partial charge on any atom is -0.395 e. The third-order valence-corrected chi connectivity index (χ3v) is 5.16. The van der Waals surface area contributed by atoms with Crippen molar-refractivity contribution in [2.75, 3.05) is 35.7 Å². The van der Waals surface area contributed by atoms with Crippen molar-refractivity contribution in [1.29, 1.82) is 0 Å². The highest BCUT2D eigenvalue weighted by Gasteiger charge is 2.32. The Labute approximate surface area is 179 Å². The first-order chi connectivity index (χ1) is 14.7. The third-order valence-electron chi connectivity index (χ3n) is 4.00. The monoisotopic (exact) mass is 452 g/mol. The van der Waals surface area contributed by atoms with E-state index in [4.69, 9.17) is 5.11 Å². The highest BCUT2D eigenvalue weighted by Crippen LogP contribution is 2.35. The van der Waals surface area contributed by atoms with Gasteiger partial charge in [-0.3, -0.25) is 4.79 Å². The summed E-state index contributed by atoms with van der Waals surface area (Å²) in [5, 5.41) is 15.2. The van der Waals surface area contributed by atoms with Gasteiger partial charge >= 0.3 is 6.18 Å². The van der Waals surface area contributed by atoms with E-state index in [0.29, 0.717) is 28.6 Å². The molecule has 0 saturated heterocycles. The molecule has 0 unspecified atom stereocenters. The number of thiazole rings is 1. The summed E-state index contributed by atoms with van der Waals surface area (Å²) < 4.78 is 38.8. The average Bonchev–Trinajstić information content (AvgIpc) is 3.17. The third kappa shape index (κ3) is 5.89. The Kier molecular flexibility index (Phi) is 6.71.